The molecule has 0 amide bonds. The average molecular weight is 240 g/mol. The van der Waals surface area contributed by atoms with Gasteiger partial charge < -0.3 is 10.5 Å². The molecule has 0 aromatic carbocycles. The third-order valence-electron chi connectivity index (χ3n) is 3.41. The number of thiophene rings is 1. The standard InChI is InChI=1S/C12H20N2OS/c1-14(11-2-5-15-6-3-11)12(8-13)10-4-7-16-9-10/h4,7,9,11-12H,2-3,5-6,8,13H2,1H3. The van der Waals surface area contributed by atoms with E-state index in [1.807, 2.05) is 0 Å². The maximum absolute atomic E-state index is 5.90. The third kappa shape index (κ3) is 2.63. The van der Waals surface area contributed by atoms with Crippen LogP contribution in [0.5, 0.6) is 0 Å². The molecule has 0 bridgehead atoms. The molecule has 16 heavy (non-hydrogen) atoms. The van der Waals surface area contributed by atoms with Gasteiger partial charge in [0.2, 0.25) is 0 Å². The minimum absolute atomic E-state index is 0.356. The van der Waals surface area contributed by atoms with Gasteiger partial charge in [0.15, 0.2) is 0 Å². The maximum atomic E-state index is 5.90. The second-order valence-corrected chi connectivity index (χ2v) is 5.10. The topological polar surface area (TPSA) is 38.5 Å². The number of nitrogens with zero attached hydrogens (tertiary/aromatic N) is 1. The molecule has 2 N–H and O–H groups in total. The largest absolute Gasteiger partial charge is 0.381 e. The van der Waals surface area contributed by atoms with Gasteiger partial charge in [-0.25, -0.2) is 0 Å². The zero-order chi connectivity index (χ0) is 11.4. The summed E-state index contributed by atoms with van der Waals surface area (Å²) in [5, 5.41) is 4.32. The zero-order valence-electron chi connectivity index (χ0n) is 9.76. The third-order valence-corrected chi connectivity index (χ3v) is 4.11. The summed E-state index contributed by atoms with van der Waals surface area (Å²) in [5.41, 5.74) is 7.25. The van der Waals surface area contributed by atoms with Gasteiger partial charge in [0.1, 0.15) is 0 Å². The van der Waals surface area contributed by atoms with Gasteiger partial charge in [0.25, 0.3) is 0 Å². The van der Waals surface area contributed by atoms with E-state index in [9.17, 15) is 0 Å². The van der Waals surface area contributed by atoms with Crippen molar-refractivity contribution in [1.82, 2.24) is 4.90 Å². The van der Waals surface area contributed by atoms with Crippen molar-refractivity contribution in [2.75, 3.05) is 26.8 Å². The average Bonchev–Trinajstić information content (AvgIpc) is 2.85. The first-order valence-corrected chi connectivity index (χ1v) is 6.79. The van der Waals surface area contributed by atoms with Gasteiger partial charge in [-0.05, 0) is 42.3 Å². The van der Waals surface area contributed by atoms with Crippen molar-refractivity contribution in [3.05, 3.63) is 22.4 Å². The molecule has 1 aromatic rings. The lowest BCUT2D eigenvalue weighted by molar-refractivity contribution is 0.0294. The van der Waals surface area contributed by atoms with Gasteiger partial charge in [-0.15, -0.1) is 0 Å². The molecular formula is C12H20N2OS. The van der Waals surface area contributed by atoms with Crippen LogP contribution >= 0.6 is 11.3 Å². The first-order valence-electron chi connectivity index (χ1n) is 5.84. The minimum atomic E-state index is 0.356. The van der Waals surface area contributed by atoms with Crippen LogP contribution in [0, 0.1) is 0 Å². The predicted molar refractivity (Wildman–Crippen MR) is 67.7 cm³/mol. The van der Waals surface area contributed by atoms with Crippen molar-refractivity contribution in [2.24, 2.45) is 5.73 Å². The van der Waals surface area contributed by atoms with E-state index in [0.29, 0.717) is 18.6 Å². The molecule has 4 heteroatoms. The van der Waals surface area contributed by atoms with Crippen molar-refractivity contribution in [2.45, 2.75) is 24.9 Å². The Morgan fingerprint density at radius 2 is 2.31 bits per heavy atom. The van der Waals surface area contributed by atoms with Crippen molar-refractivity contribution >= 4 is 11.3 Å². The number of nitrogens with two attached hydrogens (primary N) is 1. The van der Waals surface area contributed by atoms with E-state index < -0.39 is 0 Å². The normalized spacial score (nSPS) is 20.2. The SMILES string of the molecule is CN(C1CCOCC1)C(CN)c1ccsc1. The molecule has 2 heterocycles. The summed E-state index contributed by atoms with van der Waals surface area (Å²) >= 11 is 1.74. The van der Waals surface area contributed by atoms with Crippen LogP contribution in [0.1, 0.15) is 24.4 Å². The smallest absolute Gasteiger partial charge is 0.0480 e. The summed E-state index contributed by atoms with van der Waals surface area (Å²) in [6.07, 6.45) is 2.24. The van der Waals surface area contributed by atoms with E-state index in [0.717, 1.165) is 26.1 Å². The number of ether oxygens (including phenoxy) is 1. The Morgan fingerprint density at radius 1 is 1.56 bits per heavy atom. The first kappa shape index (κ1) is 12.0. The van der Waals surface area contributed by atoms with Crippen LogP contribution in [0.3, 0.4) is 0 Å². The molecular weight excluding hydrogens is 220 g/mol. The maximum Gasteiger partial charge on any atom is 0.0480 e. The fraction of sp³-hybridized carbons (Fsp3) is 0.667. The van der Waals surface area contributed by atoms with Crippen LogP contribution in [0.4, 0.5) is 0 Å². The first-order chi connectivity index (χ1) is 7.83. The summed E-state index contributed by atoms with van der Waals surface area (Å²) in [5.74, 6) is 0. The molecule has 1 aromatic heterocycles. The molecule has 1 unspecified atom stereocenters. The monoisotopic (exact) mass is 240 g/mol. The van der Waals surface area contributed by atoms with Crippen LogP contribution in [-0.4, -0.2) is 37.7 Å². The van der Waals surface area contributed by atoms with Gasteiger partial charge >= 0.3 is 0 Å². The van der Waals surface area contributed by atoms with Gasteiger partial charge in [0.05, 0.1) is 0 Å². The Hall–Kier alpha value is -0.420. The lowest BCUT2D eigenvalue weighted by Gasteiger charge is -2.36. The van der Waals surface area contributed by atoms with E-state index in [1.165, 1.54) is 5.56 Å². The summed E-state index contributed by atoms with van der Waals surface area (Å²) in [7, 11) is 2.19. The number of hydrogen-bond donors (Lipinski definition) is 1. The molecule has 0 radical (unpaired) electrons. The quantitative estimate of drug-likeness (QED) is 0.873. The molecule has 0 saturated carbocycles. The second-order valence-electron chi connectivity index (χ2n) is 4.32. The van der Waals surface area contributed by atoms with Crippen molar-refractivity contribution < 1.29 is 4.74 Å². The fourth-order valence-electron chi connectivity index (χ4n) is 2.35. The van der Waals surface area contributed by atoms with Crippen molar-refractivity contribution in [3.63, 3.8) is 0 Å². The molecule has 2 rings (SSSR count). The van der Waals surface area contributed by atoms with Crippen LogP contribution in [0.15, 0.2) is 16.8 Å². The number of hydrogen-bond acceptors (Lipinski definition) is 4. The number of likely N-dealkylation sites (N-methyl/N-ethyl adjacent to an activating group) is 1. The molecule has 1 saturated heterocycles. The van der Waals surface area contributed by atoms with E-state index in [4.69, 9.17) is 10.5 Å². The number of rotatable bonds is 4. The van der Waals surface area contributed by atoms with Crippen LogP contribution < -0.4 is 5.73 Å². The lowest BCUT2D eigenvalue weighted by atomic mass is 10.0. The molecule has 1 aliphatic heterocycles. The van der Waals surface area contributed by atoms with E-state index in [-0.39, 0.29) is 0 Å². The Labute approximate surface area is 101 Å². The minimum Gasteiger partial charge on any atom is -0.381 e. The van der Waals surface area contributed by atoms with Crippen molar-refractivity contribution in [3.8, 4) is 0 Å². The Kier molecular flexibility index (Phi) is 4.35. The van der Waals surface area contributed by atoms with Crippen molar-refractivity contribution in [1.29, 1.82) is 0 Å². The zero-order valence-corrected chi connectivity index (χ0v) is 10.6. The summed E-state index contributed by atoms with van der Waals surface area (Å²) < 4.78 is 5.40. The summed E-state index contributed by atoms with van der Waals surface area (Å²) in [6, 6.07) is 3.15. The molecule has 90 valence electrons. The Morgan fingerprint density at radius 3 is 2.88 bits per heavy atom. The van der Waals surface area contributed by atoms with E-state index in [1.54, 1.807) is 11.3 Å². The highest BCUT2D eigenvalue weighted by Crippen LogP contribution is 2.25. The molecule has 0 aliphatic carbocycles. The van der Waals surface area contributed by atoms with Crippen LogP contribution in [0.2, 0.25) is 0 Å². The molecule has 1 atom stereocenters. The molecule has 3 nitrogen and oxygen atoms in total. The highest BCUT2D eigenvalue weighted by atomic mass is 32.1. The van der Waals surface area contributed by atoms with Gasteiger partial charge in [-0.2, -0.15) is 11.3 Å². The second kappa shape index (κ2) is 5.77. The van der Waals surface area contributed by atoms with Crippen LogP contribution in [0.25, 0.3) is 0 Å². The van der Waals surface area contributed by atoms with Gasteiger partial charge in [-0.3, -0.25) is 4.90 Å². The fourth-order valence-corrected chi connectivity index (χ4v) is 3.06. The van der Waals surface area contributed by atoms with Gasteiger partial charge in [0, 0.05) is 31.8 Å². The molecule has 1 fully saturated rings. The lowest BCUT2D eigenvalue weighted by Crippen LogP contribution is -2.41. The molecule has 0 spiro atoms. The van der Waals surface area contributed by atoms with E-state index >= 15 is 0 Å². The predicted octanol–water partition coefficient (Wildman–Crippen LogP) is 1.86. The highest BCUT2D eigenvalue weighted by Gasteiger charge is 2.25. The van der Waals surface area contributed by atoms with Gasteiger partial charge in [-0.1, -0.05) is 0 Å². The Balaban J connectivity index is 2.02. The summed E-state index contributed by atoms with van der Waals surface area (Å²) in [6.45, 7) is 2.45. The molecule has 1 aliphatic rings. The van der Waals surface area contributed by atoms with Crippen LogP contribution in [-0.2, 0) is 4.74 Å². The Bertz CT molecular complexity index is 296. The summed E-state index contributed by atoms with van der Waals surface area (Å²) in [4.78, 5) is 2.42. The van der Waals surface area contributed by atoms with E-state index in [2.05, 4.69) is 28.8 Å². The highest BCUT2D eigenvalue weighted by molar-refractivity contribution is 7.07.